The van der Waals surface area contributed by atoms with Crippen molar-refractivity contribution < 1.29 is 4.92 Å². The molecule has 0 N–H and O–H groups in total. The highest BCUT2D eigenvalue weighted by atomic mass is 16.6. The topological polar surface area (TPSA) is 56.0 Å². The van der Waals surface area contributed by atoms with Gasteiger partial charge in [0.15, 0.2) is 0 Å². The summed E-state index contributed by atoms with van der Waals surface area (Å²) in [5.74, 6) is 0. The van der Waals surface area contributed by atoms with E-state index in [1.165, 1.54) is 6.08 Å². The van der Waals surface area contributed by atoms with Gasteiger partial charge in [-0.05, 0) is 12.1 Å². The Bertz CT molecular complexity index is 320. The highest BCUT2D eigenvalue weighted by molar-refractivity contribution is 5.45. The largest absolute Gasteiger partial charge is 0.259 e. The third-order valence-corrected chi connectivity index (χ3v) is 1.60. The second kappa shape index (κ2) is 4.35. The molecule has 0 fully saturated rings. The number of rotatable bonds is 3. The van der Waals surface area contributed by atoms with Crippen LogP contribution in [0.15, 0.2) is 30.1 Å². The molecule has 1 heterocycles. The molecular formula is C9H10N2O2. The first-order valence-electron chi connectivity index (χ1n) is 4.00. The maximum Gasteiger partial charge on any atom is 0.248 e. The fraction of sp³-hybridized carbons (Fsp3) is 0.222. The summed E-state index contributed by atoms with van der Waals surface area (Å²) in [5, 5.41) is 10.4. The molecule has 1 aromatic heterocycles. The molecule has 0 aliphatic rings. The Kier molecular flexibility index (Phi) is 3.14. The average molecular weight is 178 g/mol. The Labute approximate surface area is 76.1 Å². The van der Waals surface area contributed by atoms with Gasteiger partial charge in [-0.2, -0.15) is 0 Å². The zero-order valence-electron chi connectivity index (χ0n) is 7.30. The Balaban J connectivity index is 2.92. The summed E-state index contributed by atoms with van der Waals surface area (Å²) in [4.78, 5) is 14.0. The molecule has 4 heteroatoms. The van der Waals surface area contributed by atoms with Gasteiger partial charge >= 0.3 is 0 Å². The van der Waals surface area contributed by atoms with Crippen LogP contribution in [0.5, 0.6) is 0 Å². The van der Waals surface area contributed by atoms with Gasteiger partial charge in [0.05, 0.1) is 10.6 Å². The summed E-state index contributed by atoms with van der Waals surface area (Å²) in [6.45, 7) is 1.75. The van der Waals surface area contributed by atoms with Gasteiger partial charge in [-0.1, -0.05) is 13.0 Å². The van der Waals surface area contributed by atoms with Crippen molar-refractivity contribution in [1.29, 1.82) is 0 Å². The highest BCUT2D eigenvalue weighted by Gasteiger charge is 2.06. The minimum absolute atomic E-state index is 0.179. The van der Waals surface area contributed by atoms with Gasteiger partial charge in [-0.15, -0.1) is 0 Å². The van der Waals surface area contributed by atoms with Crippen molar-refractivity contribution in [3.8, 4) is 0 Å². The molecular weight excluding hydrogens is 168 g/mol. The molecule has 0 aliphatic heterocycles. The molecule has 0 bridgehead atoms. The van der Waals surface area contributed by atoms with E-state index in [0.29, 0.717) is 12.1 Å². The van der Waals surface area contributed by atoms with Crippen molar-refractivity contribution in [3.05, 3.63) is 45.9 Å². The second-order valence-corrected chi connectivity index (χ2v) is 2.50. The van der Waals surface area contributed by atoms with Crippen LogP contribution < -0.4 is 0 Å². The van der Waals surface area contributed by atoms with Crippen LogP contribution in [0.2, 0.25) is 0 Å². The summed E-state index contributed by atoms with van der Waals surface area (Å²) in [7, 11) is 0. The smallest absolute Gasteiger partial charge is 0.248 e. The van der Waals surface area contributed by atoms with Gasteiger partial charge in [-0.3, -0.25) is 15.1 Å². The van der Waals surface area contributed by atoms with E-state index in [1.807, 2.05) is 0 Å². The SMILES string of the molecule is CC/C(=C/c1ccccn1)[N+](=O)[O-]. The number of allylic oxidation sites excluding steroid dienone is 1. The first kappa shape index (κ1) is 9.38. The van der Waals surface area contributed by atoms with Crippen LogP contribution in [-0.2, 0) is 0 Å². The molecule has 0 saturated heterocycles. The fourth-order valence-corrected chi connectivity index (χ4v) is 0.916. The number of hydrogen-bond donors (Lipinski definition) is 0. The van der Waals surface area contributed by atoms with E-state index in [4.69, 9.17) is 0 Å². The first-order chi connectivity index (χ1) is 6.24. The number of nitrogens with zero attached hydrogens (tertiary/aromatic N) is 2. The highest BCUT2D eigenvalue weighted by Crippen LogP contribution is 2.07. The number of aromatic nitrogens is 1. The van der Waals surface area contributed by atoms with Crippen molar-refractivity contribution in [2.45, 2.75) is 13.3 Å². The number of hydrogen-bond acceptors (Lipinski definition) is 3. The Morgan fingerprint density at radius 3 is 2.92 bits per heavy atom. The number of nitro groups is 1. The lowest BCUT2D eigenvalue weighted by molar-refractivity contribution is -0.425. The molecule has 0 amide bonds. The first-order valence-corrected chi connectivity index (χ1v) is 4.00. The van der Waals surface area contributed by atoms with E-state index in [1.54, 1.807) is 31.3 Å². The molecule has 0 unspecified atom stereocenters. The van der Waals surface area contributed by atoms with Gasteiger partial charge in [0.25, 0.3) is 0 Å². The lowest BCUT2D eigenvalue weighted by Gasteiger charge is -1.93. The lowest BCUT2D eigenvalue weighted by atomic mass is 10.2. The Morgan fingerprint density at radius 2 is 2.46 bits per heavy atom. The molecule has 4 nitrogen and oxygen atoms in total. The molecule has 0 saturated carbocycles. The third kappa shape index (κ3) is 2.66. The van der Waals surface area contributed by atoms with Crippen LogP contribution in [0, 0.1) is 10.1 Å². The van der Waals surface area contributed by atoms with Gasteiger partial charge < -0.3 is 0 Å². The molecule has 68 valence electrons. The van der Waals surface area contributed by atoms with Crippen molar-refractivity contribution in [2.24, 2.45) is 0 Å². The standard InChI is InChI=1S/C9H10N2O2/c1-2-9(11(12)13)7-8-5-3-4-6-10-8/h3-7H,2H2,1H3/b9-7-. The molecule has 0 aromatic carbocycles. The minimum atomic E-state index is -0.380. The van der Waals surface area contributed by atoms with Crippen LogP contribution in [0.3, 0.4) is 0 Å². The van der Waals surface area contributed by atoms with E-state index in [-0.39, 0.29) is 10.6 Å². The van der Waals surface area contributed by atoms with E-state index in [9.17, 15) is 10.1 Å². The quantitative estimate of drug-likeness (QED) is 0.526. The van der Waals surface area contributed by atoms with Gasteiger partial charge in [0.1, 0.15) is 0 Å². The summed E-state index contributed by atoms with van der Waals surface area (Å²) in [6.07, 6.45) is 3.50. The van der Waals surface area contributed by atoms with Crippen LogP contribution >= 0.6 is 0 Å². The summed E-state index contributed by atoms with van der Waals surface area (Å²) < 4.78 is 0. The fourth-order valence-electron chi connectivity index (χ4n) is 0.916. The maximum atomic E-state index is 10.4. The predicted octanol–water partition coefficient (Wildman–Crippen LogP) is 2.11. The lowest BCUT2D eigenvalue weighted by Crippen LogP contribution is -1.96. The second-order valence-electron chi connectivity index (χ2n) is 2.50. The zero-order chi connectivity index (χ0) is 9.68. The Morgan fingerprint density at radius 1 is 1.69 bits per heavy atom. The molecule has 0 radical (unpaired) electrons. The molecule has 0 spiro atoms. The summed E-state index contributed by atoms with van der Waals surface area (Å²) in [5.41, 5.74) is 0.801. The molecule has 13 heavy (non-hydrogen) atoms. The van der Waals surface area contributed by atoms with Crippen molar-refractivity contribution in [2.75, 3.05) is 0 Å². The van der Waals surface area contributed by atoms with Crippen molar-refractivity contribution >= 4 is 6.08 Å². The van der Waals surface area contributed by atoms with Crippen molar-refractivity contribution in [1.82, 2.24) is 4.98 Å². The van der Waals surface area contributed by atoms with Gasteiger partial charge in [0, 0.05) is 18.7 Å². The van der Waals surface area contributed by atoms with E-state index >= 15 is 0 Å². The van der Waals surface area contributed by atoms with E-state index < -0.39 is 0 Å². The summed E-state index contributed by atoms with van der Waals surface area (Å²) in [6, 6.07) is 5.31. The minimum Gasteiger partial charge on any atom is -0.259 e. The van der Waals surface area contributed by atoms with Crippen LogP contribution in [0.25, 0.3) is 6.08 Å². The van der Waals surface area contributed by atoms with Crippen LogP contribution in [-0.4, -0.2) is 9.91 Å². The predicted molar refractivity (Wildman–Crippen MR) is 49.5 cm³/mol. The van der Waals surface area contributed by atoms with E-state index in [0.717, 1.165) is 0 Å². The van der Waals surface area contributed by atoms with Gasteiger partial charge in [0.2, 0.25) is 5.70 Å². The number of pyridine rings is 1. The normalized spacial score (nSPS) is 11.3. The summed E-state index contributed by atoms with van der Waals surface area (Å²) >= 11 is 0. The molecule has 0 atom stereocenters. The molecule has 1 aromatic rings. The van der Waals surface area contributed by atoms with Crippen molar-refractivity contribution in [3.63, 3.8) is 0 Å². The average Bonchev–Trinajstić information content (AvgIpc) is 2.15. The van der Waals surface area contributed by atoms with Crippen LogP contribution in [0.4, 0.5) is 0 Å². The molecule has 1 rings (SSSR count). The Hall–Kier alpha value is -1.71. The van der Waals surface area contributed by atoms with Crippen LogP contribution in [0.1, 0.15) is 19.0 Å². The monoisotopic (exact) mass is 178 g/mol. The third-order valence-electron chi connectivity index (χ3n) is 1.60. The van der Waals surface area contributed by atoms with E-state index in [2.05, 4.69) is 4.98 Å². The van der Waals surface area contributed by atoms with Gasteiger partial charge in [-0.25, -0.2) is 0 Å². The zero-order valence-corrected chi connectivity index (χ0v) is 7.30. The molecule has 0 aliphatic carbocycles. The maximum absolute atomic E-state index is 10.4.